The Morgan fingerprint density at radius 3 is 2.00 bits per heavy atom. The van der Waals surface area contributed by atoms with Gasteiger partial charge >= 0.3 is 0 Å². The van der Waals surface area contributed by atoms with Gasteiger partial charge < -0.3 is 0 Å². The fourth-order valence-electron chi connectivity index (χ4n) is 2.77. The Morgan fingerprint density at radius 1 is 0.792 bits per heavy atom. The van der Waals surface area contributed by atoms with Crippen molar-refractivity contribution in [1.82, 2.24) is 4.72 Å². The molecule has 0 saturated carbocycles. The maximum atomic E-state index is 12.5. The van der Waals surface area contributed by atoms with E-state index in [1.54, 1.807) is 6.07 Å². The zero-order valence-electron chi connectivity index (χ0n) is 13.1. The second-order valence-corrected chi connectivity index (χ2v) is 9.19. The molecule has 2 aromatic rings. The number of hydrogen-bond acceptors (Lipinski definition) is 4. The number of aryl methyl sites for hydroxylation is 2. The van der Waals surface area contributed by atoms with Crippen LogP contribution >= 0.6 is 0 Å². The Morgan fingerprint density at radius 2 is 1.38 bits per heavy atom. The van der Waals surface area contributed by atoms with Crippen LogP contribution in [0.15, 0.2) is 52.3 Å². The van der Waals surface area contributed by atoms with Crippen molar-refractivity contribution in [2.75, 3.05) is 11.8 Å². The average Bonchev–Trinajstić information content (AvgIpc) is 3.02. The minimum Gasteiger partial charge on any atom is -0.280 e. The van der Waals surface area contributed by atoms with Gasteiger partial charge in [-0.1, -0.05) is 6.07 Å². The predicted octanol–water partition coefficient (Wildman–Crippen LogP) is 1.88. The van der Waals surface area contributed by atoms with E-state index in [0.29, 0.717) is 5.69 Å². The summed E-state index contributed by atoms with van der Waals surface area (Å²) in [6, 6.07) is 10.6. The van der Waals surface area contributed by atoms with Gasteiger partial charge in [0.15, 0.2) is 0 Å². The van der Waals surface area contributed by atoms with Gasteiger partial charge in [-0.25, -0.2) is 21.6 Å². The summed E-state index contributed by atoms with van der Waals surface area (Å²) in [5.74, 6) is 0. The van der Waals surface area contributed by atoms with Gasteiger partial charge in [0.2, 0.25) is 10.0 Å². The maximum Gasteiger partial charge on any atom is 0.261 e. The summed E-state index contributed by atoms with van der Waals surface area (Å²) >= 11 is 0. The molecule has 1 aliphatic carbocycles. The van der Waals surface area contributed by atoms with Gasteiger partial charge in [0, 0.05) is 5.69 Å². The number of nitrogens with one attached hydrogen (secondary N) is 2. The van der Waals surface area contributed by atoms with Crippen LogP contribution in [-0.2, 0) is 32.9 Å². The van der Waals surface area contributed by atoms with Crippen LogP contribution in [0.25, 0.3) is 0 Å². The molecule has 128 valence electrons. The first-order valence-electron chi connectivity index (χ1n) is 7.50. The molecular formula is C16H18N2O4S2. The van der Waals surface area contributed by atoms with E-state index in [2.05, 4.69) is 9.44 Å². The molecule has 0 atom stereocenters. The molecule has 0 spiro atoms. The molecule has 0 unspecified atom stereocenters. The minimum atomic E-state index is -3.76. The van der Waals surface area contributed by atoms with Crippen molar-refractivity contribution >= 4 is 25.7 Å². The molecule has 2 N–H and O–H groups in total. The molecule has 0 amide bonds. The lowest BCUT2D eigenvalue weighted by Gasteiger charge is -2.10. The van der Waals surface area contributed by atoms with Crippen molar-refractivity contribution < 1.29 is 16.8 Å². The van der Waals surface area contributed by atoms with Gasteiger partial charge in [-0.15, -0.1) is 0 Å². The second-order valence-electron chi connectivity index (χ2n) is 5.62. The summed E-state index contributed by atoms with van der Waals surface area (Å²) in [7, 11) is -6.06. The normalized spacial score (nSPS) is 14.4. The zero-order chi connectivity index (χ0) is 17.4. The first-order valence-corrected chi connectivity index (χ1v) is 10.5. The summed E-state index contributed by atoms with van der Waals surface area (Å²) in [4.78, 5) is 0.0273. The van der Waals surface area contributed by atoms with Gasteiger partial charge in [-0.3, -0.25) is 4.72 Å². The summed E-state index contributed by atoms with van der Waals surface area (Å²) < 4.78 is 53.0. The molecule has 0 bridgehead atoms. The topological polar surface area (TPSA) is 92.3 Å². The summed E-state index contributed by atoms with van der Waals surface area (Å²) in [5.41, 5.74) is 2.95. The lowest BCUT2D eigenvalue weighted by Crippen LogP contribution is -2.19. The van der Waals surface area contributed by atoms with Crippen molar-refractivity contribution in [1.29, 1.82) is 0 Å². The van der Waals surface area contributed by atoms with E-state index in [-0.39, 0.29) is 9.79 Å². The van der Waals surface area contributed by atoms with Crippen molar-refractivity contribution in [2.45, 2.75) is 29.1 Å². The SMILES string of the molecule is CNS(=O)(=O)c1ccc(S(=O)(=O)Nc2ccc3c(c2)CCC3)cc1. The molecule has 24 heavy (non-hydrogen) atoms. The number of anilines is 1. The third-order valence-corrected chi connectivity index (χ3v) is 6.89. The van der Waals surface area contributed by atoms with Crippen LogP contribution in [0, 0.1) is 0 Å². The van der Waals surface area contributed by atoms with Crippen LogP contribution in [-0.4, -0.2) is 23.9 Å². The highest BCUT2D eigenvalue weighted by atomic mass is 32.2. The fraction of sp³-hybridized carbons (Fsp3) is 0.250. The number of sulfonamides is 2. The van der Waals surface area contributed by atoms with E-state index in [1.165, 1.54) is 42.4 Å². The molecule has 6 nitrogen and oxygen atoms in total. The molecule has 0 aromatic heterocycles. The third-order valence-electron chi connectivity index (χ3n) is 4.06. The Hall–Kier alpha value is -1.90. The Bertz CT molecular complexity index is 966. The standard InChI is InChI=1S/C16H18N2O4S2/c1-17-23(19,20)15-7-9-16(10-8-15)24(21,22)18-14-6-5-12-3-2-4-13(12)11-14/h5-11,17-18H,2-4H2,1H3. The van der Waals surface area contributed by atoms with Gasteiger partial charge in [0.1, 0.15) is 0 Å². The molecule has 0 heterocycles. The van der Waals surface area contributed by atoms with Crippen LogP contribution in [0.3, 0.4) is 0 Å². The molecular weight excluding hydrogens is 348 g/mol. The largest absolute Gasteiger partial charge is 0.280 e. The molecule has 2 aromatic carbocycles. The van der Waals surface area contributed by atoms with E-state index in [9.17, 15) is 16.8 Å². The second kappa shape index (κ2) is 6.19. The minimum absolute atomic E-state index is 0.0121. The molecule has 0 saturated heterocycles. The van der Waals surface area contributed by atoms with E-state index < -0.39 is 20.0 Å². The summed E-state index contributed by atoms with van der Waals surface area (Å²) in [6.45, 7) is 0. The van der Waals surface area contributed by atoms with Gasteiger partial charge in [-0.2, -0.15) is 0 Å². The van der Waals surface area contributed by atoms with Gasteiger partial charge in [0.05, 0.1) is 9.79 Å². The lowest BCUT2D eigenvalue weighted by molar-refractivity contribution is 0.587. The van der Waals surface area contributed by atoms with Crippen LogP contribution in [0.1, 0.15) is 17.5 Å². The Balaban J connectivity index is 1.85. The number of hydrogen-bond donors (Lipinski definition) is 2. The van der Waals surface area contributed by atoms with E-state index in [1.807, 2.05) is 12.1 Å². The van der Waals surface area contributed by atoms with Crippen molar-refractivity contribution in [3.8, 4) is 0 Å². The lowest BCUT2D eigenvalue weighted by atomic mass is 10.1. The highest BCUT2D eigenvalue weighted by Gasteiger charge is 2.18. The van der Waals surface area contributed by atoms with Crippen LogP contribution < -0.4 is 9.44 Å². The van der Waals surface area contributed by atoms with E-state index in [0.717, 1.165) is 19.3 Å². The van der Waals surface area contributed by atoms with Crippen LogP contribution in [0.4, 0.5) is 5.69 Å². The maximum absolute atomic E-state index is 12.5. The van der Waals surface area contributed by atoms with Crippen LogP contribution in [0.5, 0.6) is 0 Å². The van der Waals surface area contributed by atoms with Crippen molar-refractivity contribution in [3.63, 3.8) is 0 Å². The van der Waals surface area contributed by atoms with Gasteiger partial charge in [0.25, 0.3) is 10.0 Å². The first-order chi connectivity index (χ1) is 11.3. The zero-order valence-corrected chi connectivity index (χ0v) is 14.7. The summed E-state index contributed by atoms with van der Waals surface area (Å²) in [5, 5.41) is 0. The monoisotopic (exact) mass is 366 g/mol. The summed E-state index contributed by atoms with van der Waals surface area (Å²) in [6.07, 6.45) is 3.08. The fourth-order valence-corrected chi connectivity index (χ4v) is 4.54. The number of benzene rings is 2. The smallest absolute Gasteiger partial charge is 0.261 e. The molecule has 0 fully saturated rings. The third kappa shape index (κ3) is 3.31. The van der Waals surface area contributed by atoms with Crippen molar-refractivity contribution in [3.05, 3.63) is 53.6 Å². The molecule has 8 heteroatoms. The number of rotatable bonds is 5. The number of fused-ring (bicyclic) bond motifs is 1. The Labute approximate surface area is 142 Å². The highest BCUT2D eigenvalue weighted by Crippen LogP contribution is 2.26. The van der Waals surface area contributed by atoms with Crippen LogP contribution in [0.2, 0.25) is 0 Å². The quantitative estimate of drug-likeness (QED) is 0.845. The van der Waals surface area contributed by atoms with Gasteiger partial charge in [-0.05, 0) is 73.8 Å². The van der Waals surface area contributed by atoms with Crippen molar-refractivity contribution in [2.24, 2.45) is 0 Å². The predicted molar refractivity (Wildman–Crippen MR) is 92.0 cm³/mol. The molecule has 0 aliphatic heterocycles. The first kappa shape index (κ1) is 16.9. The molecule has 1 aliphatic rings. The average molecular weight is 366 g/mol. The molecule has 3 rings (SSSR count). The van der Waals surface area contributed by atoms with E-state index in [4.69, 9.17) is 0 Å². The van der Waals surface area contributed by atoms with E-state index >= 15 is 0 Å². The highest BCUT2D eigenvalue weighted by molar-refractivity contribution is 7.92. The molecule has 0 radical (unpaired) electrons. The Kier molecular flexibility index (Phi) is 4.37.